The van der Waals surface area contributed by atoms with E-state index >= 15 is 0 Å². The summed E-state index contributed by atoms with van der Waals surface area (Å²) in [5.41, 5.74) is 5.79. The molecule has 0 aliphatic carbocycles. The standard InChI is InChI=1S/C13H28N2O/c1-6-7-11(9-14)15-12(16)8-10(2)13(3,4)5/h10-11H,6-9,14H2,1-5H3,(H,15,16). The molecule has 2 unspecified atom stereocenters. The van der Waals surface area contributed by atoms with Gasteiger partial charge in [-0.3, -0.25) is 4.79 Å². The van der Waals surface area contributed by atoms with Crippen LogP contribution in [0.5, 0.6) is 0 Å². The van der Waals surface area contributed by atoms with Crippen LogP contribution in [-0.2, 0) is 4.79 Å². The summed E-state index contributed by atoms with van der Waals surface area (Å²) in [6.45, 7) is 11.2. The first-order valence-corrected chi connectivity index (χ1v) is 6.30. The van der Waals surface area contributed by atoms with E-state index in [1.54, 1.807) is 0 Å². The van der Waals surface area contributed by atoms with E-state index in [9.17, 15) is 4.79 Å². The van der Waals surface area contributed by atoms with Crippen LogP contribution in [0.1, 0.15) is 53.9 Å². The van der Waals surface area contributed by atoms with Gasteiger partial charge in [-0.2, -0.15) is 0 Å². The first-order valence-electron chi connectivity index (χ1n) is 6.30. The van der Waals surface area contributed by atoms with Crippen LogP contribution in [-0.4, -0.2) is 18.5 Å². The van der Waals surface area contributed by atoms with Crippen molar-refractivity contribution in [1.29, 1.82) is 0 Å². The van der Waals surface area contributed by atoms with Crippen molar-refractivity contribution in [2.45, 2.75) is 59.9 Å². The molecule has 16 heavy (non-hydrogen) atoms. The largest absolute Gasteiger partial charge is 0.352 e. The molecule has 0 aromatic carbocycles. The van der Waals surface area contributed by atoms with Gasteiger partial charge in [-0.05, 0) is 17.8 Å². The van der Waals surface area contributed by atoms with Crippen LogP contribution < -0.4 is 11.1 Å². The van der Waals surface area contributed by atoms with Gasteiger partial charge in [-0.1, -0.05) is 41.0 Å². The molecule has 0 saturated carbocycles. The van der Waals surface area contributed by atoms with Crippen molar-refractivity contribution in [3.8, 4) is 0 Å². The molecule has 0 bridgehead atoms. The maximum atomic E-state index is 11.8. The Bertz CT molecular complexity index is 208. The molecule has 3 heteroatoms. The highest BCUT2D eigenvalue weighted by Crippen LogP contribution is 2.27. The van der Waals surface area contributed by atoms with Gasteiger partial charge in [0.1, 0.15) is 0 Å². The molecule has 0 fully saturated rings. The Morgan fingerprint density at radius 2 is 1.94 bits per heavy atom. The van der Waals surface area contributed by atoms with Crippen LogP contribution in [0.15, 0.2) is 0 Å². The first-order chi connectivity index (χ1) is 7.31. The van der Waals surface area contributed by atoms with E-state index in [0.29, 0.717) is 18.9 Å². The van der Waals surface area contributed by atoms with Crippen LogP contribution in [0, 0.1) is 11.3 Å². The lowest BCUT2D eigenvalue weighted by Gasteiger charge is -2.27. The van der Waals surface area contributed by atoms with Gasteiger partial charge in [0.05, 0.1) is 0 Å². The van der Waals surface area contributed by atoms with E-state index in [4.69, 9.17) is 5.73 Å². The molecule has 0 aromatic heterocycles. The predicted octanol–water partition coefficient (Wildman–Crippen LogP) is 2.30. The Labute approximate surface area is 100 Å². The van der Waals surface area contributed by atoms with Gasteiger partial charge in [0, 0.05) is 19.0 Å². The lowest BCUT2D eigenvalue weighted by molar-refractivity contribution is -0.123. The van der Waals surface area contributed by atoms with Gasteiger partial charge < -0.3 is 11.1 Å². The zero-order chi connectivity index (χ0) is 12.8. The molecule has 0 aromatic rings. The second kappa shape index (κ2) is 6.89. The van der Waals surface area contributed by atoms with E-state index in [-0.39, 0.29) is 17.4 Å². The second-order valence-electron chi connectivity index (χ2n) is 5.76. The predicted molar refractivity (Wildman–Crippen MR) is 69.1 cm³/mol. The van der Waals surface area contributed by atoms with Gasteiger partial charge in [0.2, 0.25) is 5.91 Å². The van der Waals surface area contributed by atoms with Crippen LogP contribution in [0.4, 0.5) is 0 Å². The van der Waals surface area contributed by atoms with Crippen molar-refractivity contribution in [3.63, 3.8) is 0 Å². The SMILES string of the molecule is CCCC(CN)NC(=O)CC(C)C(C)(C)C. The van der Waals surface area contributed by atoms with Gasteiger partial charge >= 0.3 is 0 Å². The third-order valence-electron chi connectivity index (χ3n) is 3.26. The highest BCUT2D eigenvalue weighted by Gasteiger charge is 2.23. The minimum atomic E-state index is 0.131. The zero-order valence-electron chi connectivity index (χ0n) is 11.5. The lowest BCUT2D eigenvalue weighted by atomic mass is 9.80. The third-order valence-corrected chi connectivity index (χ3v) is 3.26. The average molecular weight is 228 g/mol. The van der Waals surface area contributed by atoms with Crippen molar-refractivity contribution in [1.82, 2.24) is 5.32 Å². The second-order valence-corrected chi connectivity index (χ2v) is 5.76. The number of hydrogen-bond acceptors (Lipinski definition) is 2. The number of nitrogens with one attached hydrogen (secondary N) is 1. The normalized spacial score (nSPS) is 15.6. The van der Waals surface area contributed by atoms with Crippen molar-refractivity contribution >= 4 is 5.91 Å². The summed E-state index contributed by atoms with van der Waals surface area (Å²) in [4.78, 5) is 11.8. The Morgan fingerprint density at radius 3 is 2.31 bits per heavy atom. The van der Waals surface area contributed by atoms with Crippen molar-refractivity contribution in [3.05, 3.63) is 0 Å². The molecule has 0 aliphatic rings. The molecule has 0 aliphatic heterocycles. The summed E-state index contributed by atoms with van der Waals surface area (Å²) in [5.74, 6) is 0.513. The Kier molecular flexibility index (Phi) is 6.65. The smallest absolute Gasteiger partial charge is 0.220 e. The van der Waals surface area contributed by atoms with Crippen molar-refractivity contribution in [2.24, 2.45) is 17.1 Å². The minimum absolute atomic E-state index is 0.131. The van der Waals surface area contributed by atoms with E-state index in [1.165, 1.54) is 0 Å². The molecule has 0 rings (SSSR count). The van der Waals surface area contributed by atoms with Crippen molar-refractivity contribution < 1.29 is 4.79 Å². The van der Waals surface area contributed by atoms with Crippen molar-refractivity contribution in [2.75, 3.05) is 6.54 Å². The molecular formula is C13H28N2O. The monoisotopic (exact) mass is 228 g/mol. The molecule has 0 heterocycles. The maximum absolute atomic E-state index is 11.8. The molecule has 0 spiro atoms. The number of hydrogen-bond donors (Lipinski definition) is 2. The molecule has 0 saturated heterocycles. The number of rotatable bonds is 6. The lowest BCUT2D eigenvalue weighted by Crippen LogP contribution is -2.41. The maximum Gasteiger partial charge on any atom is 0.220 e. The van der Waals surface area contributed by atoms with Crippen LogP contribution in [0.2, 0.25) is 0 Å². The molecular weight excluding hydrogens is 200 g/mol. The van der Waals surface area contributed by atoms with Gasteiger partial charge in [0.15, 0.2) is 0 Å². The Hall–Kier alpha value is -0.570. The fraction of sp³-hybridized carbons (Fsp3) is 0.923. The van der Waals surface area contributed by atoms with Crippen LogP contribution in [0.3, 0.4) is 0 Å². The number of nitrogens with two attached hydrogens (primary N) is 1. The summed E-state index contributed by atoms with van der Waals surface area (Å²) in [6.07, 6.45) is 2.60. The summed E-state index contributed by atoms with van der Waals surface area (Å²) in [5, 5.41) is 3.01. The number of carbonyl (C=O) groups is 1. The first kappa shape index (κ1) is 15.4. The topological polar surface area (TPSA) is 55.1 Å². The molecule has 3 nitrogen and oxygen atoms in total. The molecule has 0 radical (unpaired) electrons. The molecule has 96 valence electrons. The highest BCUT2D eigenvalue weighted by atomic mass is 16.1. The Balaban J connectivity index is 4.07. The molecule has 1 amide bonds. The van der Waals surface area contributed by atoms with Gasteiger partial charge in [0.25, 0.3) is 0 Å². The highest BCUT2D eigenvalue weighted by molar-refractivity contribution is 5.76. The van der Waals surface area contributed by atoms with Gasteiger partial charge in [-0.25, -0.2) is 0 Å². The summed E-state index contributed by atoms with van der Waals surface area (Å²) < 4.78 is 0. The number of carbonyl (C=O) groups excluding carboxylic acids is 1. The van der Waals surface area contributed by atoms with E-state index in [0.717, 1.165) is 12.8 Å². The molecule has 2 atom stereocenters. The minimum Gasteiger partial charge on any atom is -0.352 e. The summed E-state index contributed by atoms with van der Waals surface area (Å²) >= 11 is 0. The van der Waals surface area contributed by atoms with E-state index in [1.807, 2.05) is 0 Å². The quantitative estimate of drug-likeness (QED) is 0.733. The fourth-order valence-corrected chi connectivity index (χ4v) is 1.47. The Morgan fingerprint density at radius 1 is 1.38 bits per heavy atom. The van der Waals surface area contributed by atoms with Crippen LogP contribution in [0.25, 0.3) is 0 Å². The summed E-state index contributed by atoms with van der Waals surface area (Å²) in [7, 11) is 0. The van der Waals surface area contributed by atoms with Gasteiger partial charge in [-0.15, -0.1) is 0 Å². The average Bonchev–Trinajstić information content (AvgIpc) is 2.15. The number of amides is 1. The van der Waals surface area contributed by atoms with E-state index in [2.05, 4.69) is 39.9 Å². The fourth-order valence-electron chi connectivity index (χ4n) is 1.47. The van der Waals surface area contributed by atoms with E-state index < -0.39 is 0 Å². The van der Waals surface area contributed by atoms with Crippen LogP contribution >= 0.6 is 0 Å². The third kappa shape index (κ3) is 6.11. The summed E-state index contributed by atoms with van der Waals surface area (Å²) in [6, 6.07) is 0.143. The zero-order valence-corrected chi connectivity index (χ0v) is 11.5. The molecule has 3 N–H and O–H groups in total.